The Kier molecular flexibility index (Phi) is 5.16. The fourth-order valence-electron chi connectivity index (χ4n) is 3.34. The van der Waals surface area contributed by atoms with Gasteiger partial charge < -0.3 is 4.74 Å². The van der Waals surface area contributed by atoms with Gasteiger partial charge in [0.2, 0.25) is 0 Å². The van der Waals surface area contributed by atoms with Gasteiger partial charge in [-0.25, -0.2) is 0 Å². The summed E-state index contributed by atoms with van der Waals surface area (Å²) in [6, 6.07) is 18.2. The van der Waals surface area contributed by atoms with Crippen LogP contribution in [0.25, 0.3) is 0 Å². The summed E-state index contributed by atoms with van der Waals surface area (Å²) in [5.41, 5.74) is 2.35. The third kappa shape index (κ3) is 4.61. The van der Waals surface area contributed by atoms with Crippen LogP contribution in [0.2, 0.25) is 0 Å². The minimum absolute atomic E-state index is 0.0220. The molecule has 0 heterocycles. The average Bonchev–Trinajstić information content (AvgIpc) is 3.24. The van der Waals surface area contributed by atoms with Gasteiger partial charge in [0.15, 0.2) is 0 Å². The fourth-order valence-corrected chi connectivity index (χ4v) is 3.74. The smallest absolute Gasteiger partial charge is 0.264 e. The van der Waals surface area contributed by atoms with Gasteiger partial charge in [-0.15, -0.1) is 0 Å². The van der Waals surface area contributed by atoms with Crippen molar-refractivity contribution in [3.63, 3.8) is 0 Å². The van der Waals surface area contributed by atoms with E-state index in [4.69, 9.17) is 8.92 Å². The standard InChI is InChI=1S/C20H24O4S/c1-20(14-17(20)12-13-24-25(2,21)22)18-10-6-7-11-19(18)23-15-16-8-4-3-5-9-16/h3-11,17H,12-15H2,1-2H3. The molecule has 0 spiro atoms. The molecule has 2 unspecified atom stereocenters. The number of hydrogen-bond acceptors (Lipinski definition) is 4. The van der Waals surface area contributed by atoms with Gasteiger partial charge in [-0.3, -0.25) is 4.18 Å². The van der Waals surface area contributed by atoms with Crippen molar-refractivity contribution in [2.75, 3.05) is 12.9 Å². The molecule has 4 nitrogen and oxygen atoms in total. The zero-order valence-electron chi connectivity index (χ0n) is 14.6. The normalized spacial score (nSPS) is 22.6. The van der Waals surface area contributed by atoms with Gasteiger partial charge in [0.25, 0.3) is 10.1 Å². The van der Waals surface area contributed by atoms with Crippen LogP contribution in [0.5, 0.6) is 5.75 Å². The highest BCUT2D eigenvalue weighted by atomic mass is 32.2. The second-order valence-corrected chi connectivity index (χ2v) is 8.55. The predicted molar refractivity (Wildman–Crippen MR) is 98.1 cm³/mol. The molecular weight excluding hydrogens is 336 g/mol. The second kappa shape index (κ2) is 7.18. The van der Waals surface area contributed by atoms with Crippen LogP contribution in [0.3, 0.4) is 0 Å². The van der Waals surface area contributed by atoms with Crippen molar-refractivity contribution < 1.29 is 17.3 Å². The van der Waals surface area contributed by atoms with Gasteiger partial charge in [0.05, 0.1) is 12.9 Å². The van der Waals surface area contributed by atoms with E-state index in [1.165, 1.54) is 5.56 Å². The number of rotatable bonds is 8. The summed E-state index contributed by atoms with van der Waals surface area (Å²) in [5.74, 6) is 1.32. The molecule has 2 atom stereocenters. The van der Waals surface area contributed by atoms with Crippen LogP contribution in [0.1, 0.15) is 30.9 Å². The molecule has 3 rings (SSSR count). The van der Waals surface area contributed by atoms with E-state index in [9.17, 15) is 8.42 Å². The van der Waals surface area contributed by atoms with Crippen LogP contribution in [0.4, 0.5) is 0 Å². The van der Waals surface area contributed by atoms with Crippen molar-refractivity contribution >= 4 is 10.1 Å². The molecule has 0 aliphatic heterocycles. The van der Waals surface area contributed by atoms with E-state index >= 15 is 0 Å². The van der Waals surface area contributed by atoms with E-state index < -0.39 is 10.1 Å². The summed E-state index contributed by atoms with van der Waals surface area (Å²) >= 11 is 0. The van der Waals surface area contributed by atoms with Crippen molar-refractivity contribution in [3.05, 3.63) is 65.7 Å². The minimum atomic E-state index is -3.37. The highest BCUT2D eigenvalue weighted by molar-refractivity contribution is 7.85. The number of benzene rings is 2. The quantitative estimate of drug-likeness (QED) is 0.670. The fraction of sp³-hybridized carbons (Fsp3) is 0.400. The van der Waals surface area contributed by atoms with Crippen LogP contribution < -0.4 is 4.74 Å². The number of hydrogen-bond donors (Lipinski definition) is 0. The Morgan fingerprint density at radius 3 is 2.48 bits per heavy atom. The van der Waals surface area contributed by atoms with Crippen LogP contribution in [-0.4, -0.2) is 21.3 Å². The third-order valence-electron chi connectivity index (χ3n) is 4.91. The van der Waals surface area contributed by atoms with E-state index in [0.717, 1.165) is 30.4 Å². The monoisotopic (exact) mass is 360 g/mol. The lowest BCUT2D eigenvalue weighted by Gasteiger charge is -2.17. The summed E-state index contributed by atoms with van der Waals surface area (Å²) in [7, 11) is -3.37. The lowest BCUT2D eigenvalue weighted by molar-refractivity contribution is 0.293. The second-order valence-electron chi connectivity index (χ2n) is 6.90. The van der Waals surface area contributed by atoms with E-state index in [1.54, 1.807) is 0 Å². The molecule has 0 N–H and O–H groups in total. The van der Waals surface area contributed by atoms with Gasteiger partial charge in [0, 0.05) is 5.56 Å². The highest BCUT2D eigenvalue weighted by Gasteiger charge is 2.51. The SMILES string of the molecule is CC1(c2ccccc2OCc2ccccc2)CC1CCOS(C)(=O)=O. The maximum atomic E-state index is 11.1. The van der Waals surface area contributed by atoms with Gasteiger partial charge in [-0.1, -0.05) is 55.5 Å². The van der Waals surface area contributed by atoms with Crippen LogP contribution in [0, 0.1) is 5.92 Å². The molecule has 5 heteroatoms. The van der Waals surface area contributed by atoms with Crippen LogP contribution in [0.15, 0.2) is 54.6 Å². The van der Waals surface area contributed by atoms with Crippen LogP contribution >= 0.6 is 0 Å². The first kappa shape index (κ1) is 18.0. The Morgan fingerprint density at radius 2 is 1.76 bits per heavy atom. The molecule has 1 saturated carbocycles. The van der Waals surface area contributed by atoms with Crippen LogP contribution in [-0.2, 0) is 26.3 Å². The predicted octanol–water partition coefficient (Wildman–Crippen LogP) is 3.91. The molecule has 0 radical (unpaired) electrons. The molecule has 134 valence electrons. The first-order valence-corrected chi connectivity index (χ1v) is 10.3. The first-order valence-electron chi connectivity index (χ1n) is 8.49. The zero-order chi connectivity index (χ0) is 17.9. The van der Waals surface area contributed by atoms with Crippen molar-refractivity contribution in [1.29, 1.82) is 0 Å². The van der Waals surface area contributed by atoms with E-state index in [-0.39, 0.29) is 12.0 Å². The molecule has 0 bridgehead atoms. The van der Waals surface area contributed by atoms with Crippen molar-refractivity contribution in [2.24, 2.45) is 5.92 Å². The summed E-state index contributed by atoms with van der Waals surface area (Å²) in [6.07, 6.45) is 2.84. The van der Waals surface area contributed by atoms with Gasteiger partial charge in [-0.2, -0.15) is 8.42 Å². The molecule has 0 saturated heterocycles. The maximum Gasteiger partial charge on any atom is 0.264 e. The average molecular weight is 360 g/mol. The lowest BCUT2D eigenvalue weighted by Crippen LogP contribution is -2.10. The molecule has 0 amide bonds. The maximum absolute atomic E-state index is 11.1. The van der Waals surface area contributed by atoms with Crippen molar-refractivity contribution in [3.8, 4) is 5.75 Å². The van der Waals surface area contributed by atoms with Gasteiger partial charge in [0.1, 0.15) is 12.4 Å². The number of para-hydroxylation sites is 1. The van der Waals surface area contributed by atoms with E-state index in [0.29, 0.717) is 12.5 Å². The number of ether oxygens (including phenoxy) is 1. The Labute approximate surface area is 149 Å². The Morgan fingerprint density at radius 1 is 1.08 bits per heavy atom. The topological polar surface area (TPSA) is 52.6 Å². The third-order valence-corrected chi connectivity index (χ3v) is 5.51. The summed E-state index contributed by atoms with van der Waals surface area (Å²) < 4.78 is 33.1. The van der Waals surface area contributed by atoms with E-state index in [2.05, 4.69) is 13.0 Å². The Balaban J connectivity index is 1.65. The molecule has 2 aromatic rings. The molecule has 1 aliphatic rings. The zero-order valence-corrected chi connectivity index (χ0v) is 15.5. The Hall–Kier alpha value is -1.85. The highest BCUT2D eigenvalue weighted by Crippen LogP contribution is 2.57. The molecule has 25 heavy (non-hydrogen) atoms. The largest absolute Gasteiger partial charge is 0.489 e. The summed E-state index contributed by atoms with van der Waals surface area (Å²) in [4.78, 5) is 0. The molecule has 0 aromatic heterocycles. The minimum Gasteiger partial charge on any atom is -0.489 e. The molecule has 2 aromatic carbocycles. The van der Waals surface area contributed by atoms with Gasteiger partial charge >= 0.3 is 0 Å². The van der Waals surface area contributed by atoms with Crippen molar-refractivity contribution in [2.45, 2.75) is 31.8 Å². The summed E-state index contributed by atoms with van der Waals surface area (Å²) in [6.45, 7) is 2.99. The molecule has 1 fully saturated rings. The van der Waals surface area contributed by atoms with Crippen molar-refractivity contribution in [1.82, 2.24) is 0 Å². The van der Waals surface area contributed by atoms with Gasteiger partial charge in [-0.05, 0) is 35.8 Å². The lowest BCUT2D eigenvalue weighted by atomic mass is 9.93. The summed E-state index contributed by atoms with van der Waals surface area (Å²) in [5, 5.41) is 0. The molecule has 1 aliphatic carbocycles. The molecular formula is C20H24O4S. The first-order chi connectivity index (χ1) is 11.9. The van der Waals surface area contributed by atoms with E-state index in [1.807, 2.05) is 48.5 Å². The Bertz CT molecular complexity index is 817.